The van der Waals surface area contributed by atoms with E-state index in [9.17, 15) is 4.79 Å². The zero-order valence-electron chi connectivity index (χ0n) is 11.6. The van der Waals surface area contributed by atoms with Crippen LogP contribution in [0.4, 0.5) is 5.82 Å². The van der Waals surface area contributed by atoms with E-state index in [0.717, 1.165) is 15.8 Å². The van der Waals surface area contributed by atoms with E-state index >= 15 is 0 Å². The number of aliphatic hydroxyl groups excluding tert-OH is 1. The van der Waals surface area contributed by atoms with Gasteiger partial charge in [0.05, 0.1) is 18.1 Å². The number of aromatic nitrogens is 2. The second kappa shape index (κ2) is 6.15. The Kier molecular flexibility index (Phi) is 4.51. The molecule has 0 unspecified atom stereocenters. The van der Waals surface area contributed by atoms with Gasteiger partial charge in [-0.15, -0.1) is 11.3 Å². The summed E-state index contributed by atoms with van der Waals surface area (Å²) >= 11 is 1.29. The van der Waals surface area contributed by atoms with E-state index in [-0.39, 0.29) is 18.7 Å². The molecule has 0 atom stereocenters. The lowest BCUT2D eigenvalue weighted by molar-refractivity contribution is 0.0383. The number of ether oxygens (including phenoxy) is 1. The maximum atomic E-state index is 12.1. The lowest BCUT2D eigenvalue weighted by Crippen LogP contribution is -2.11. The number of rotatable bonds is 5. The number of aryl methyl sites for hydroxylation is 1. The number of esters is 1. The third-order valence-electron chi connectivity index (χ3n) is 2.66. The number of aliphatic hydroxyl groups is 1. The van der Waals surface area contributed by atoms with Crippen molar-refractivity contribution in [2.24, 2.45) is 0 Å². The molecule has 2 aromatic rings. The predicted octanol–water partition coefficient (Wildman–Crippen LogP) is 1.97. The largest absolute Gasteiger partial charge is 0.459 e. The van der Waals surface area contributed by atoms with Crippen LogP contribution in [0.2, 0.25) is 0 Å². The topological polar surface area (TPSA) is 84.3 Å². The van der Waals surface area contributed by atoms with E-state index in [4.69, 9.17) is 9.84 Å². The van der Waals surface area contributed by atoms with Crippen LogP contribution < -0.4 is 5.32 Å². The summed E-state index contributed by atoms with van der Waals surface area (Å²) in [6.07, 6.45) is 1.28. The van der Waals surface area contributed by atoms with Crippen LogP contribution in [0.5, 0.6) is 0 Å². The standard InChI is InChI=1S/C13H17N3O3S/c1-7(2)19-13(18)10-8(3)9-11(14-4-5-17)15-6-16-12(9)20-10/h6-7,17H,4-5H2,1-3H3,(H,14,15,16). The molecule has 0 bridgehead atoms. The fraction of sp³-hybridized carbons (Fsp3) is 0.462. The number of thiophene rings is 1. The van der Waals surface area contributed by atoms with Crippen molar-refractivity contribution < 1.29 is 14.6 Å². The lowest BCUT2D eigenvalue weighted by atomic mass is 10.2. The van der Waals surface area contributed by atoms with Crippen molar-refractivity contribution >= 4 is 33.3 Å². The Bertz CT molecular complexity index is 625. The van der Waals surface area contributed by atoms with Crippen molar-refractivity contribution in [2.75, 3.05) is 18.5 Å². The third-order valence-corrected chi connectivity index (χ3v) is 3.84. The normalized spacial score (nSPS) is 11.1. The average molecular weight is 295 g/mol. The summed E-state index contributed by atoms with van der Waals surface area (Å²) in [6.45, 7) is 5.89. The van der Waals surface area contributed by atoms with E-state index in [0.29, 0.717) is 17.2 Å². The molecule has 0 aliphatic rings. The number of nitrogens with zero attached hydrogens (tertiary/aromatic N) is 2. The van der Waals surface area contributed by atoms with Crippen LogP contribution in [-0.2, 0) is 4.74 Å². The molecule has 2 N–H and O–H groups in total. The van der Waals surface area contributed by atoms with Gasteiger partial charge in [0.15, 0.2) is 0 Å². The zero-order chi connectivity index (χ0) is 14.7. The van der Waals surface area contributed by atoms with Crippen molar-refractivity contribution in [3.63, 3.8) is 0 Å². The highest BCUT2D eigenvalue weighted by atomic mass is 32.1. The molecule has 0 aromatic carbocycles. The molecule has 2 rings (SSSR count). The highest BCUT2D eigenvalue weighted by Gasteiger charge is 2.20. The molecule has 0 spiro atoms. The van der Waals surface area contributed by atoms with Crippen LogP contribution >= 0.6 is 11.3 Å². The van der Waals surface area contributed by atoms with Crippen molar-refractivity contribution in [3.8, 4) is 0 Å². The Morgan fingerprint density at radius 2 is 2.25 bits per heavy atom. The van der Waals surface area contributed by atoms with Gasteiger partial charge in [0, 0.05) is 6.54 Å². The fourth-order valence-electron chi connectivity index (χ4n) is 1.84. The Morgan fingerprint density at radius 3 is 2.90 bits per heavy atom. The molecule has 108 valence electrons. The number of nitrogens with one attached hydrogen (secondary N) is 1. The highest BCUT2D eigenvalue weighted by molar-refractivity contribution is 7.20. The number of hydrogen-bond donors (Lipinski definition) is 2. The van der Waals surface area contributed by atoms with Gasteiger partial charge in [-0.3, -0.25) is 0 Å². The van der Waals surface area contributed by atoms with Crippen molar-refractivity contribution in [2.45, 2.75) is 26.9 Å². The molecule has 0 radical (unpaired) electrons. The summed E-state index contributed by atoms with van der Waals surface area (Å²) in [5, 5.41) is 12.7. The van der Waals surface area contributed by atoms with Crippen LogP contribution in [0.3, 0.4) is 0 Å². The highest BCUT2D eigenvalue weighted by Crippen LogP contribution is 2.33. The second-order valence-corrected chi connectivity index (χ2v) is 5.56. The molecule has 0 aliphatic carbocycles. The first-order valence-electron chi connectivity index (χ1n) is 6.34. The molecule has 0 amide bonds. The Balaban J connectivity index is 2.44. The quantitative estimate of drug-likeness (QED) is 0.820. The van der Waals surface area contributed by atoms with Crippen LogP contribution in [0.15, 0.2) is 6.33 Å². The first-order chi connectivity index (χ1) is 9.54. The van der Waals surface area contributed by atoms with Gasteiger partial charge in [-0.25, -0.2) is 14.8 Å². The average Bonchev–Trinajstić information content (AvgIpc) is 2.74. The maximum Gasteiger partial charge on any atom is 0.348 e. The molecule has 2 heterocycles. The molecule has 0 saturated heterocycles. The van der Waals surface area contributed by atoms with E-state index < -0.39 is 0 Å². The van der Waals surface area contributed by atoms with Crippen LogP contribution in [0, 0.1) is 6.92 Å². The minimum Gasteiger partial charge on any atom is -0.459 e. The molecule has 0 saturated carbocycles. The van der Waals surface area contributed by atoms with Crippen LogP contribution in [-0.4, -0.2) is 40.3 Å². The molecule has 20 heavy (non-hydrogen) atoms. The van der Waals surface area contributed by atoms with Gasteiger partial charge in [0.25, 0.3) is 0 Å². The Labute approximate surface area is 120 Å². The number of fused-ring (bicyclic) bond motifs is 1. The number of carbonyl (C=O) groups is 1. The minimum absolute atomic E-state index is 0.0108. The van der Waals surface area contributed by atoms with Gasteiger partial charge in [-0.1, -0.05) is 0 Å². The number of carbonyl (C=O) groups excluding carboxylic acids is 1. The molecule has 6 nitrogen and oxygen atoms in total. The predicted molar refractivity (Wildman–Crippen MR) is 78.3 cm³/mol. The van der Waals surface area contributed by atoms with Gasteiger partial charge >= 0.3 is 5.97 Å². The molecule has 0 aliphatic heterocycles. The van der Waals surface area contributed by atoms with Gasteiger partial charge < -0.3 is 15.2 Å². The van der Waals surface area contributed by atoms with Gasteiger partial charge in [-0.05, 0) is 26.3 Å². The minimum atomic E-state index is -0.339. The molecule has 7 heteroatoms. The van der Waals surface area contributed by atoms with E-state index in [1.807, 2.05) is 20.8 Å². The summed E-state index contributed by atoms with van der Waals surface area (Å²) in [5.41, 5.74) is 0.802. The summed E-state index contributed by atoms with van der Waals surface area (Å²) in [4.78, 5) is 21.7. The van der Waals surface area contributed by atoms with Gasteiger partial charge in [0.1, 0.15) is 21.9 Å². The van der Waals surface area contributed by atoms with Gasteiger partial charge in [-0.2, -0.15) is 0 Å². The van der Waals surface area contributed by atoms with Crippen molar-refractivity contribution in [3.05, 3.63) is 16.8 Å². The molecule has 0 fully saturated rings. The first-order valence-corrected chi connectivity index (χ1v) is 7.16. The summed E-state index contributed by atoms with van der Waals surface area (Å²) in [5.74, 6) is 0.287. The van der Waals surface area contributed by atoms with Crippen molar-refractivity contribution in [1.29, 1.82) is 0 Å². The summed E-state index contributed by atoms with van der Waals surface area (Å²) in [7, 11) is 0. The molecule has 2 aromatic heterocycles. The first kappa shape index (κ1) is 14.7. The maximum absolute atomic E-state index is 12.1. The van der Waals surface area contributed by atoms with E-state index in [1.165, 1.54) is 17.7 Å². The smallest absolute Gasteiger partial charge is 0.348 e. The summed E-state index contributed by atoms with van der Waals surface area (Å²) in [6, 6.07) is 0. The SMILES string of the molecule is Cc1c(C(=O)OC(C)C)sc2ncnc(NCCO)c12. The third kappa shape index (κ3) is 2.88. The Hall–Kier alpha value is -1.73. The zero-order valence-corrected chi connectivity index (χ0v) is 12.5. The Morgan fingerprint density at radius 1 is 1.50 bits per heavy atom. The molecular formula is C13H17N3O3S. The van der Waals surface area contributed by atoms with Crippen LogP contribution in [0.25, 0.3) is 10.2 Å². The van der Waals surface area contributed by atoms with Crippen LogP contribution in [0.1, 0.15) is 29.1 Å². The summed E-state index contributed by atoms with van der Waals surface area (Å²) < 4.78 is 5.23. The number of hydrogen-bond acceptors (Lipinski definition) is 7. The van der Waals surface area contributed by atoms with E-state index in [1.54, 1.807) is 0 Å². The fourth-order valence-corrected chi connectivity index (χ4v) is 2.87. The number of anilines is 1. The van der Waals surface area contributed by atoms with Gasteiger partial charge in [0.2, 0.25) is 0 Å². The lowest BCUT2D eigenvalue weighted by Gasteiger charge is -2.07. The molecular weight excluding hydrogens is 278 g/mol. The van der Waals surface area contributed by atoms with E-state index in [2.05, 4.69) is 15.3 Å². The second-order valence-electron chi connectivity index (χ2n) is 4.56. The van der Waals surface area contributed by atoms with Crippen molar-refractivity contribution in [1.82, 2.24) is 9.97 Å². The monoisotopic (exact) mass is 295 g/mol.